The second-order valence-electron chi connectivity index (χ2n) is 11.7. The molecule has 4 atom stereocenters. The molecule has 1 aliphatic rings. The van der Waals surface area contributed by atoms with Crippen LogP contribution in [0.15, 0.2) is 97.3 Å². The van der Waals surface area contributed by atoms with E-state index >= 15 is 0 Å². The fourth-order valence-corrected chi connectivity index (χ4v) is 5.98. The van der Waals surface area contributed by atoms with Gasteiger partial charge in [-0.3, -0.25) is 9.36 Å². The van der Waals surface area contributed by atoms with Crippen LogP contribution in [-0.2, 0) is 17.7 Å². The number of aliphatic hydroxyl groups excluding tert-OH is 2. The Labute approximate surface area is 281 Å². The molecular formula is C35H36N10O4. The van der Waals surface area contributed by atoms with E-state index in [0.717, 1.165) is 16.7 Å². The predicted molar refractivity (Wildman–Crippen MR) is 179 cm³/mol. The van der Waals surface area contributed by atoms with Crippen LogP contribution in [0.5, 0.6) is 0 Å². The summed E-state index contributed by atoms with van der Waals surface area (Å²) in [6.07, 6.45) is -2.81. The summed E-state index contributed by atoms with van der Waals surface area (Å²) in [5.74, 6) is -0.118. The lowest BCUT2D eigenvalue weighted by Crippen LogP contribution is -2.30. The van der Waals surface area contributed by atoms with Gasteiger partial charge >= 0.3 is 0 Å². The monoisotopic (exact) mass is 660 g/mol. The van der Waals surface area contributed by atoms with Gasteiger partial charge in [0.25, 0.3) is 5.91 Å². The summed E-state index contributed by atoms with van der Waals surface area (Å²) in [4.78, 5) is 28.7. The Morgan fingerprint density at radius 1 is 0.918 bits per heavy atom. The van der Waals surface area contributed by atoms with Crippen molar-refractivity contribution in [2.75, 3.05) is 18.4 Å². The molecule has 1 amide bonds. The van der Waals surface area contributed by atoms with Crippen LogP contribution in [0.25, 0.3) is 11.2 Å². The number of ether oxygens (including phenoxy) is 1. The molecule has 7 rings (SSSR count). The predicted octanol–water partition coefficient (Wildman–Crippen LogP) is 3.04. The molecule has 3 aromatic heterocycles. The fourth-order valence-electron chi connectivity index (χ4n) is 5.98. The normalized spacial score (nSPS) is 19.0. The van der Waals surface area contributed by atoms with Crippen LogP contribution in [0.4, 0.5) is 5.82 Å². The van der Waals surface area contributed by atoms with Crippen LogP contribution in [0.1, 0.15) is 58.3 Å². The first kappa shape index (κ1) is 32.0. The van der Waals surface area contributed by atoms with Gasteiger partial charge in [0.1, 0.15) is 12.2 Å². The number of nitrogens with zero attached hydrogens (tertiary/aromatic N) is 8. The van der Waals surface area contributed by atoms with Crippen molar-refractivity contribution in [1.29, 1.82) is 0 Å². The molecule has 0 spiro atoms. The zero-order chi connectivity index (χ0) is 33.7. The third-order valence-electron chi connectivity index (χ3n) is 8.56. The molecule has 1 aliphatic heterocycles. The Kier molecular flexibility index (Phi) is 9.32. The van der Waals surface area contributed by atoms with E-state index in [4.69, 9.17) is 4.74 Å². The third-order valence-corrected chi connectivity index (χ3v) is 8.56. The number of hydrogen-bond acceptors (Lipinski definition) is 11. The molecule has 6 aromatic rings. The highest BCUT2D eigenvalue weighted by Crippen LogP contribution is 2.39. The molecule has 14 heteroatoms. The number of aromatic nitrogens is 8. The highest BCUT2D eigenvalue weighted by atomic mass is 16.6. The van der Waals surface area contributed by atoms with E-state index < -0.39 is 30.4 Å². The van der Waals surface area contributed by atoms with E-state index in [9.17, 15) is 15.0 Å². The van der Waals surface area contributed by atoms with Gasteiger partial charge in [-0.25, -0.2) is 15.0 Å². The molecule has 49 heavy (non-hydrogen) atoms. The van der Waals surface area contributed by atoms with E-state index in [0.29, 0.717) is 37.4 Å². The van der Waals surface area contributed by atoms with Gasteiger partial charge in [0.05, 0.1) is 12.9 Å². The average molecular weight is 661 g/mol. The summed E-state index contributed by atoms with van der Waals surface area (Å²) in [7, 11) is 0. The van der Waals surface area contributed by atoms with E-state index in [1.807, 2.05) is 73.7 Å². The summed E-state index contributed by atoms with van der Waals surface area (Å²) >= 11 is 0. The van der Waals surface area contributed by atoms with Crippen molar-refractivity contribution >= 4 is 22.9 Å². The van der Waals surface area contributed by atoms with Gasteiger partial charge in [-0.05, 0) is 35.2 Å². The van der Waals surface area contributed by atoms with Crippen LogP contribution in [0.2, 0.25) is 0 Å². The average Bonchev–Trinajstić information content (AvgIpc) is 3.87. The summed E-state index contributed by atoms with van der Waals surface area (Å²) in [6, 6.07) is 30.1. The first-order chi connectivity index (χ1) is 24.0. The highest BCUT2D eigenvalue weighted by molar-refractivity contribution is 5.94. The van der Waals surface area contributed by atoms with Gasteiger partial charge in [0, 0.05) is 19.0 Å². The lowest BCUT2D eigenvalue weighted by atomic mass is 9.91. The molecule has 1 saturated heterocycles. The quantitative estimate of drug-likeness (QED) is 0.152. The lowest BCUT2D eigenvalue weighted by molar-refractivity contribution is -0.0384. The number of carbonyl (C=O) groups is 1. The summed E-state index contributed by atoms with van der Waals surface area (Å²) in [5, 5.41) is 40.6. The molecule has 4 heterocycles. The second-order valence-corrected chi connectivity index (χ2v) is 11.7. The number of aliphatic hydroxyl groups is 2. The minimum Gasteiger partial charge on any atom is -0.387 e. The van der Waals surface area contributed by atoms with Gasteiger partial charge in [-0.15, -0.1) is 10.2 Å². The van der Waals surface area contributed by atoms with Crippen LogP contribution >= 0.6 is 0 Å². The van der Waals surface area contributed by atoms with Gasteiger partial charge in [-0.2, -0.15) is 4.80 Å². The number of anilines is 1. The van der Waals surface area contributed by atoms with Crippen LogP contribution in [-0.4, -0.2) is 81.1 Å². The summed E-state index contributed by atoms with van der Waals surface area (Å²) in [5.41, 5.74) is 3.90. The minimum absolute atomic E-state index is 0.0439. The number of carbonyl (C=O) groups excluding carboxylic acids is 1. The molecule has 3 aromatic carbocycles. The second kappa shape index (κ2) is 14.3. The molecule has 1 fully saturated rings. The number of hydrogen-bond donors (Lipinski definition) is 4. The molecule has 0 bridgehead atoms. The number of tetrazole rings is 1. The first-order valence-corrected chi connectivity index (χ1v) is 16.2. The Balaban J connectivity index is 1.22. The number of fused-ring (bicyclic) bond motifs is 1. The first-order valence-electron chi connectivity index (χ1n) is 16.2. The largest absolute Gasteiger partial charge is 0.387 e. The number of benzene rings is 3. The van der Waals surface area contributed by atoms with Crippen LogP contribution < -0.4 is 10.6 Å². The molecular weight excluding hydrogens is 624 g/mol. The number of aryl methyl sites for hydroxylation is 1. The fraction of sp³-hybridized carbons (Fsp3) is 0.286. The number of nitrogens with one attached hydrogen (secondary N) is 2. The Bertz CT molecular complexity index is 1970. The van der Waals surface area contributed by atoms with Crippen molar-refractivity contribution in [2.24, 2.45) is 0 Å². The van der Waals surface area contributed by atoms with Crippen molar-refractivity contribution in [2.45, 2.75) is 50.3 Å². The Morgan fingerprint density at radius 2 is 1.59 bits per heavy atom. The van der Waals surface area contributed by atoms with Crippen molar-refractivity contribution in [3.8, 4) is 0 Å². The molecule has 0 aliphatic carbocycles. The van der Waals surface area contributed by atoms with E-state index in [-0.39, 0.29) is 23.2 Å². The van der Waals surface area contributed by atoms with Crippen molar-refractivity contribution < 1.29 is 19.7 Å². The van der Waals surface area contributed by atoms with E-state index in [2.05, 4.69) is 65.3 Å². The maximum absolute atomic E-state index is 13.5. The lowest BCUT2D eigenvalue weighted by Gasteiger charge is -2.20. The topological polar surface area (TPSA) is 178 Å². The van der Waals surface area contributed by atoms with E-state index in [1.165, 1.54) is 15.7 Å². The summed E-state index contributed by atoms with van der Waals surface area (Å²) < 4.78 is 7.61. The van der Waals surface area contributed by atoms with Gasteiger partial charge < -0.3 is 25.6 Å². The molecule has 0 radical (unpaired) electrons. The number of imidazole rings is 1. The van der Waals surface area contributed by atoms with Crippen LogP contribution in [0, 0.1) is 0 Å². The third kappa shape index (κ3) is 6.74. The van der Waals surface area contributed by atoms with Crippen molar-refractivity contribution in [1.82, 2.24) is 45.0 Å². The number of rotatable bonds is 12. The van der Waals surface area contributed by atoms with Gasteiger partial charge in [0.2, 0.25) is 11.6 Å². The van der Waals surface area contributed by atoms with Crippen molar-refractivity contribution in [3.05, 3.63) is 126 Å². The molecule has 4 unspecified atom stereocenters. The number of amides is 1. The van der Waals surface area contributed by atoms with Crippen molar-refractivity contribution in [3.63, 3.8) is 0 Å². The van der Waals surface area contributed by atoms with Gasteiger partial charge in [0.15, 0.2) is 29.3 Å². The molecule has 4 N–H and O–H groups in total. The van der Waals surface area contributed by atoms with E-state index in [1.54, 1.807) is 0 Å². The zero-order valence-electron chi connectivity index (χ0n) is 26.7. The molecule has 14 nitrogen and oxygen atoms in total. The molecule has 250 valence electrons. The summed E-state index contributed by atoms with van der Waals surface area (Å²) in [6.45, 7) is 3.14. The molecule has 0 saturated carbocycles. The Hall–Kier alpha value is -5.57. The Morgan fingerprint density at radius 3 is 2.24 bits per heavy atom. The van der Waals surface area contributed by atoms with Gasteiger partial charge in [-0.1, -0.05) is 91.0 Å². The smallest absolute Gasteiger partial charge is 0.289 e. The minimum atomic E-state index is -1.38. The maximum Gasteiger partial charge on any atom is 0.289 e. The highest BCUT2D eigenvalue weighted by Gasteiger charge is 2.47. The maximum atomic E-state index is 13.5. The standard InChI is InChI=1S/C35H36N10O4/c1-2-45-42-31(41-43-45)29-27(46)28(47)35(49-29)44-21-38-26-30(37-20-25(23-14-8-4-9-15-23)24-16-10-5-11-17-24)39-32(40-33(26)44)34(48)36-19-18-22-12-6-3-7-13-22/h3-17,21,25,27-29,35,46-47H,2,18-20H2,1H3,(H,36,48)(H,37,39,40). The zero-order valence-corrected chi connectivity index (χ0v) is 26.7. The van der Waals surface area contributed by atoms with Crippen LogP contribution in [0.3, 0.4) is 0 Å². The SMILES string of the molecule is CCn1nnc(C2OC(n3cnc4c(NCC(c5ccccc5)c5ccccc5)nc(C(=O)NCCc5ccccc5)nc43)C(O)C2O)n1.